The lowest BCUT2D eigenvalue weighted by atomic mass is 10.2. The third-order valence-corrected chi connectivity index (χ3v) is 15.0. The number of aryl methyl sites for hydroxylation is 3. The standard InChI is InChI=1S/C75H129N13O18/c1-70(2,3)101-64(92)31-43-83(44-32-65(93)102-71(4,5)6)52-58-55-86(79-76-58)37-22-19-25-49-98-61(89)28-40-82(41-29-62(90)99-50-26-20-23-38-87-56-59(77-80-87)53-84(45-33-66(94)103-72(7,8)9)46-34-67(95)104-73(10,11)12)42-30-63(91)100-51-27-21-24-39-88-57-60(78-81-88)54-85(47-35-68(96)105-74(13,14)15)48-36-69(97)106-75(16,17)18/h55-57H,19-54H2,1-18H3. The van der Waals surface area contributed by atoms with Crippen molar-refractivity contribution >= 4 is 53.7 Å². The van der Waals surface area contributed by atoms with E-state index in [9.17, 15) is 43.2 Å². The molecule has 0 spiro atoms. The van der Waals surface area contributed by atoms with Crippen LogP contribution in [0.3, 0.4) is 0 Å². The van der Waals surface area contributed by atoms with Gasteiger partial charge in [-0.15, -0.1) is 15.3 Å². The molecule has 31 nitrogen and oxygen atoms in total. The second-order valence-electron chi connectivity index (χ2n) is 32.7. The molecule has 0 aliphatic rings. The number of esters is 9. The van der Waals surface area contributed by atoms with Crippen molar-refractivity contribution < 1.29 is 85.8 Å². The van der Waals surface area contributed by atoms with Crippen LogP contribution >= 0.6 is 0 Å². The van der Waals surface area contributed by atoms with Crippen LogP contribution in [0.4, 0.5) is 0 Å². The van der Waals surface area contributed by atoms with Crippen molar-refractivity contribution in [3.05, 3.63) is 35.7 Å². The highest BCUT2D eigenvalue weighted by Crippen LogP contribution is 2.18. The van der Waals surface area contributed by atoms with Crippen LogP contribution in [0.15, 0.2) is 18.6 Å². The lowest BCUT2D eigenvalue weighted by Crippen LogP contribution is -2.32. The first kappa shape index (κ1) is 92.7. The maximum atomic E-state index is 13.1. The smallest absolute Gasteiger partial charge is 0.307 e. The van der Waals surface area contributed by atoms with Gasteiger partial charge in [-0.25, -0.2) is 0 Å². The third kappa shape index (κ3) is 49.4. The number of nitrogens with zero attached hydrogens (tertiary/aromatic N) is 13. The Kier molecular flexibility index (Phi) is 40.8. The van der Waals surface area contributed by atoms with Gasteiger partial charge in [0, 0.05) is 117 Å². The van der Waals surface area contributed by atoms with Crippen molar-refractivity contribution in [1.82, 2.24) is 64.6 Å². The third-order valence-electron chi connectivity index (χ3n) is 15.0. The van der Waals surface area contributed by atoms with Gasteiger partial charge < -0.3 is 47.5 Å². The van der Waals surface area contributed by atoms with Crippen LogP contribution in [0.2, 0.25) is 0 Å². The Morgan fingerprint density at radius 3 is 0.660 bits per heavy atom. The molecule has 0 bridgehead atoms. The highest BCUT2D eigenvalue weighted by molar-refractivity contribution is 5.73. The molecule has 0 saturated heterocycles. The zero-order valence-electron chi connectivity index (χ0n) is 67.4. The van der Waals surface area contributed by atoms with Crippen LogP contribution in [-0.2, 0) is 125 Å². The van der Waals surface area contributed by atoms with Gasteiger partial charge >= 0.3 is 53.7 Å². The molecule has 602 valence electrons. The Labute approximate surface area is 629 Å². The zero-order chi connectivity index (χ0) is 79.2. The Balaban J connectivity index is 1.52. The van der Waals surface area contributed by atoms with Gasteiger partial charge in [-0.3, -0.25) is 71.9 Å². The van der Waals surface area contributed by atoms with Crippen molar-refractivity contribution in [2.24, 2.45) is 0 Å². The summed E-state index contributed by atoms with van der Waals surface area (Å²) in [6, 6.07) is 0. The molecule has 0 N–H and O–H groups in total. The fourth-order valence-corrected chi connectivity index (χ4v) is 10.4. The number of rotatable bonds is 51. The predicted molar refractivity (Wildman–Crippen MR) is 393 cm³/mol. The van der Waals surface area contributed by atoms with Crippen molar-refractivity contribution in [1.29, 1.82) is 0 Å². The molecule has 0 aliphatic carbocycles. The number of hydrogen-bond acceptors (Lipinski definition) is 28. The number of hydrogen-bond donors (Lipinski definition) is 0. The van der Waals surface area contributed by atoms with Crippen molar-refractivity contribution in [2.45, 2.75) is 313 Å². The summed E-state index contributed by atoms with van der Waals surface area (Å²) in [5, 5.41) is 25.9. The Hall–Kier alpha value is -7.51. The normalized spacial score (nSPS) is 12.4. The van der Waals surface area contributed by atoms with Gasteiger partial charge in [0.25, 0.3) is 0 Å². The van der Waals surface area contributed by atoms with Gasteiger partial charge in [-0.2, -0.15) is 0 Å². The molecule has 0 unspecified atom stereocenters. The number of carbonyl (C=O) groups excluding carboxylic acids is 9. The molecule has 31 heteroatoms. The molecule has 3 rings (SSSR count). The summed E-state index contributed by atoms with van der Waals surface area (Å²) in [6.45, 7) is 38.8. The lowest BCUT2D eigenvalue weighted by Gasteiger charge is -2.24. The van der Waals surface area contributed by atoms with Gasteiger partial charge in [-0.05, 0) is 182 Å². The van der Waals surface area contributed by atoms with E-state index in [-0.39, 0.29) is 133 Å². The van der Waals surface area contributed by atoms with Crippen LogP contribution in [0.25, 0.3) is 0 Å². The molecule has 106 heavy (non-hydrogen) atoms. The van der Waals surface area contributed by atoms with Crippen LogP contribution in [0, 0.1) is 0 Å². The van der Waals surface area contributed by atoms with Crippen molar-refractivity contribution in [2.75, 3.05) is 78.7 Å². The van der Waals surface area contributed by atoms with E-state index in [4.69, 9.17) is 42.6 Å². The lowest BCUT2D eigenvalue weighted by molar-refractivity contribution is -0.157. The fraction of sp³-hybridized carbons (Fsp3) is 0.800. The van der Waals surface area contributed by atoms with Gasteiger partial charge in [0.15, 0.2) is 0 Å². The number of aromatic nitrogens is 9. The van der Waals surface area contributed by atoms with Crippen LogP contribution in [-0.4, -0.2) is 231 Å². The van der Waals surface area contributed by atoms with E-state index in [2.05, 4.69) is 30.9 Å². The van der Waals surface area contributed by atoms with E-state index in [1.54, 1.807) is 14.0 Å². The van der Waals surface area contributed by atoms with Crippen LogP contribution in [0.1, 0.15) is 257 Å². The second kappa shape index (κ2) is 46.6. The molecular weight excluding hydrogens is 1370 g/mol. The number of carbonyl (C=O) groups is 9. The molecule has 3 heterocycles. The quantitative estimate of drug-likeness (QED) is 0.0288. The first-order chi connectivity index (χ1) is 49.4. The molecule has 0 saturated carbocycles. The second-order valence-corrected chi connectivity index (χ2v) is 32.7. The van der Waals surface area contributed by atoms with E-state index in [0.29, 0.717) is 115 Å². The predicted octanol–water partition coefficient (Wildman–Crippen LogP) is 9.27. The number of unbranched alkanes of at least 4 members (excludes halogenated alkanes) is 6. The molecule has 0 amide bonds. The van der Waals surface area contributed by atoms with E-state index < -0.39 is 51.5 Å². The summed E-state index contributed by atoms with van der Waals surface area (Å²) in [4.78, 5) is 122. The Morgan fingerprint density at radius 1 is 0.274 bits per heavy atom. The maximum Gasteiger partial charge on any atom is 0.307 e. The summed E-state index contributed by atoms with van der Waals surface area (Å²) in [5.74, 6) is -3.28. The van der Waals surface area contributed by atoms with Gasteiger partial charge in [0.1, 0.15) is 33.6 Å². The summed E-state index contributed by atoms with van der Waals surface area (Å²) >= 11 is 0. The minimum atomic E-state index is -0.622. The molecule has 0 atom stereocenters. The topological polar surface area (TPSA) is 342 Å². The molecule has 0 fully saturated rings. The van der Waals surface area contributed by atoms with Crippen LogP contribution in [0.5, 0.6) is 0 Å². The summed E-state index contributed by atoms with van der Waals surface area (Å²) in [6.07, 6.45) is 12.7. The Morgan fingerprint density at radius 2 is 0.462 bits per heavy atom. The van der Waals surface area contributed by atoms with E-state index >= 15 is 0 Å². The largest absolute Gasteiger partial charge is 0.466 e. The van der Waals surface area contributed by atoms with E-state index in [1.165, 1.54) is 0 Å². The van der Waals surface area contributed by atoms with Crippen LogP contribution < -0.4 is 0 Å². The average Bonchev–Trinajstić information content (AvgIpc) is 1.79. The number of ether oxygens (including phenoxy) is 9. The first-order valence-corrected chi connectivity index (χ1v) is 37.8. The molecule has 3 aromatic rings. The van der Waals surface area contributed by atoms with Crippen molar-refractivity contribution in [3.8, 4) is 0 Å². The SMILES string of the molecule is CC(C)(C)OC(=O)CCN(CCC(=O)OC(C)(C)C)Cc1cn(CCCCCOC(=O)CCN(CCC(=O)OCCCCCn2cc(CN(CCC(=O)OC(C)(C)C)CCC(=O)OC(C)(C)C)nn2)CCC(=O)OCCCCCn2cc(CN(CCC(=O)OC(C)(C)C)CCC(=O)OC(C)(C)C)nn2)nn1. The van der Waals surface area contributed by atoms with Crippen molar-refractivity contribution in [3.63, 3.8) is 0 Å². The highest BCUT2D eigenvalue weighted by Gasteiger charge is 2.26. The first-order valence-electron chi connectivity index (χ1n) is 37.8. The maximum absolute atomic E-state index is 13.1. The van der Waals surface area contributed by atoms with Gasteiger partial charge in [0.05, 0.1) is 94.7 Å². The average molecular weight is 1500 g/mol. The van der Waals surface area contributed by atoms with E-state index in [0.717, 1.165) is 38.5 Å². The molecule has 0 radical (unpaired) electrons. The fourth-order valence-electron chi connectivity index (χ4n) is 10.4. The summed E-state index contributed by atoms with van der Waals surface area (Å²) < 4.78 is 55.1. The van der Waals surface area contributed by atoms with Gasteiger partial charge in [0.2, 0.25) is 0 Å². The van der Waals surface area contributed by atoms with Gasteiger partial charge in [-0.1, -0.05) is 15.6 Å². The monoisotopic (exact) mass is 1500 g/mol. The minimum absolute atomic E-state index is 0.0276. The summed E-state index contributed by atoms with van der Waals surface area (Å²) in [7, 11) is 0. The summed E-state index contributed by atoms with van der Waals surface area (Å²) in [5.41, 5.74) is -1.70. The minimum Gasteiger partial charge on any atom is -0.466 e. The molecule has 0 aromatic carbocycles. The van der Waals surface area contributed by atoms with E-state index in [1.807, 2.05) is 163 Å². The Bertz CT molecular complexity index is 2700. The highest BCUT2D eigenvalue weighted by atomic mass is 16.6. The zero-order valence-corrected chi connectivity index (χ0v) is 67.4. The molecular formula is C75H129N13O18. The molecule has 0 aliphatic heterocycles. The molecule has 3 aromatic heterocycles.